The van der Waals surface area contributed by atoms with Gasteiger partial charge in [0.2, 0.25) is 0 Å². The molecule has 1 aliphatic heterocycles. The SMILES string of the molecule is COc1cc(C(=O)O[C@H](C)C(=O)N2CCC(C)CC2)cc(Cl)c1OC(C)C. The Morgan fingerprint density at radius 3 is 2.37 bits per heavy atom. The molecule has 1 amide bonds. The zero-order valence-electron chi connectivity index (χ0n) is 16.6. The molecule has 1 aliphatic rings. The number of benzene rings is 1. The van der Waals surface area contributed by atoms with Crippen molar-refractivity contribution in [1.29, 1.82) is 0 Å². The molecule has 1 atom stereocenters. The van der Waals surface area contributed by atoms with Crippen LogP contribution in [-0.4, -0.2) is 49.2 Å². The topological polar surface area (TPSA) is 65.1 Å². The van der Waals surface area contributed by atoms with E-state index in [1.54, 1.807) is 11.8 Å². The van der Waals surface area contributed by atoms with Crippen molar-refractivity contribution in [2.24, 2.45) is 5.92 Å². The van der Waals surface area contributed by atoms with Gasteiger partial charge in [-0.15, -0.1) is 0 Å². The van der Waals surface area contributed by atoms with Crippen LogP contribution in [0, 0.1) is 5.92 Å². The number of carbonyl (C=O) groups is 2. The fourth-order valence-electron chi connectivity index (χ4n) is 2.95. The van der Waals surface area contributed by atoms with E-state index in [4.69, 9.17) is 25.8 Å². The standard InChI is InChI=1S/C20H28ClNO5/c1-12(2)26-18-16(21)10-15(11-17(18)25-5)20(24)27-14(4)19(23)22-8-6-13(3)7-9-22/h10-14H,6-9H2,1-5H3/t14-/m1/s1. The molecule has 27 heavy (non-hydrogen) atoms. The zero-order valence-corrected chi connectivity index (χ0v) is 17.3. The van der Waals surface area contributed by atoms with E-state index in [2.05, 4.69) is 6.92 Å². The van der Waals surface area contributed by atoms with Crippen LogP contribution in [0.4, 0.5) is 0 Å². The average molecular weight is 398 g/mol. The van der Waals surface area contributed by atoms with Crippen LogP contribution in [0.25, 0.3) is 0 Å². The number of carbonyl (C=O) groups excluding carboxylic acids is 2. The molecule has 150 valence electrons. The lowest BCUT2D eigenvalue weighted by atomic mass is 9.99. The summed E-state index contributed by atoms with van der Waals surface area (Å²) in [7, 11) is 1.47. The Kier molecular flexibility index (Phi) is 7.36. The van der Waals surface area contributed by atoms with Crippen molar-refractivity contribution < 1.29 is 23.8 Å². The van der Waals surface area contributed by atoms with Gasteiger partial charge in [-0.25, -0.2) is 4.79 Å². The second-order valence-corrected chi connectivity index (χ2v) is 7.62. The number of halogens is 1. The third-order valence-corrected chi connectivity index (χ3v) is 4.83. The summed E-state index contributed by atoms with van der Waals surface area (Å²) in [6.45, 7) is 8.90. The smallest absolute Gasteiger partial charge is 0.339 e. The Morgan fingerprint density at radius 1 is 1.19 bits per heavy atom. The fraction of sp³-hybridized carbons (Fsp3) is 0.600. The van der Waals surface area contributed by atoms with Crippen molar-refractivity contribution >= 4 is 23.5 Å². The van der Waals surface area contributed by atoms with Gasteiger partial charge < -0.3 is 19.1 Å². The van der Waals surface area contributed by atoms with Crippen molar-refractivity contribution in [3.63, 3.8) is 0 Å². The summed E-state index contributed by atoms with van der Waals surface area (Å²) in [4.78, 5) is 26.8. The van der Waals surface area contributed by atoms with Gasteiger partial charge in [-0.1, -0.05) is 18.5 Å². The maximum atomic E-state index is 12.5. The van der Waals surface area contributed by atoms with Gasteiger partial charge in [0, 0.05) is 13.1 Å². The third-order valence-electron chi connectivity index (χ3n) is 4.55. The number of ether oxygens (including phenoxy) is 3. The maximum Gasteiger partial charge on any atom is 0.339 e. The summed E-state index contributed by atoms with van der Waals surface area (Å²) >= 11 is 6.25. The van der Waals surface area contributed by atoms with Crippen molar-refractivity contribution in [1.82, 2.24) is 4.90 Å². The van der Waals surface area contributed by atoms with Crippen LogP contribution in [-0.2, 0) is 9.53 Å². The summed E-state index contributed by atoms with van der Waals surface area (Å²) in [5.74, 6) is 0.531. The monoisotopic (exact) mass is 397 g/mol. The number of hydrogen-bond acceptors (Lipinski definition) is 5. The van der Waals surface area contributed by atoms with Crippen LogP contribution >= 0.6 is 11.6 Å². The molecule has 6 nitrogen and oxygen atoms in total. The van der Waals surface area contributed by atoms with Crippen LogP contribution in [0.15, 0.2) is 12.1 Å². The molecule has 0 bridgehead atoms. The first-order chi connectivity index (χ1) is 12.7. The van der Waals surface area contributed by atoms with Gasteiger partial charge in [-0.05, 0) is 51.7 Å². The normalized spacial score (nSPS) is 16.2. The minimum atomic E-state index is -0.859. The van der Waals surface area contributed by atoms with E-state index in [9.17, 15) is 9.59 Å². The van der Waals surface area contributed by atoms with E-state index in [0.717, 1.165) is 12.8 Å². The van der Waals surface area contributed by atoms with E-state index >= 15 is 0 Å². The third kappa shape index (κ3) is 5.51. The van der Waals surface area contributed by atoms with Gasteiger partial charge in [0.05, 0.1) is 23.8 Å². The first-order valence-corrected chi connectivity index (χ1v) is 9.64. The molecule has 0 aromatic heterocycles. The highest BCUT2D eigenvalue weighted by Gasteiger charge is 2.27. The summed E-state index contributed by atoms with van der Waals surface area (Å²) in [5.41, 5.74) is 0.208. The Bertz CT molecular complexity index is 683. The quantitative estimate of drug-likeness (QED) is 0.680. The number of rotatable bonds is 6. The molecule has 1 fully saturated rings. The van der Waals surface area contributed by atoms with Crippen molar-refractivity contribution in [3.05, 3.63) is 22.7 Å². The van der Waals surface area contributed by atoms with Crippen molar-refractivity contribution in [2.75, 3.05) is 20.2 Å². The molecule has 0 unspecified atom stereocenters. The van der Waals surface area contributed by atoms with Gasteiger partial charge in [0.25, 0.3) is 5.91 Å². The van der Waals surface area contributed by atoms with E-state index in [1.807, 2.05) is 13.8 Å². The Labute approximate surface area is 165 Å². The van der Waals surface area contributed by atoms with Crippen LogP contribution in [0.2, 0.25) is 5.02 Å². The molecule has 0 N–H and O–H groups in total. The van der Waals surface area contributed by atoms with Crippen LogP contribution in [0.3, 0.4) is 0 Å². The first kappa shape index (κ1) is 21.4. The van der Waals surface area contributed by atoms with E-state index in [-0.39, 0.29) is 22.6 Å². The molecule has 0 spiro atoms. The molecular formula is C20H28ClNO5. The number of amides is 1. The lowest BCUT2D eigenvalue weighted by molar-refractivity contribution is -0.141. The highest BCUT2D eigenvalue weighted by molar-refractivity contribution is 6.32. The summed E-state index contributed by atoms with van der Waals surface area (Å²) < 4.78 is 16.3. The van der Waals surface area contributed by atoms with Crippen LogP contribution in [0.5, 0.6) is 11.5 Å². The number of nitrogens with zero attached hydrogens (tertiary/aromatic N) is 1. The van der Waals surface area contributed by atoms with Gasteiger partial charge in [0.1, 0.15) is 0 Å². The van der Waals surface area contributed by atoms with Gasteiger partial charge in [-0.2, -0.15) is 0 Å². The molecule has 2 rings (SSSR count). The van der Waals surface area contributed by atoms with Crippen LogP contribution < -0.4 is 9.47 Å². The first-order valence-electron chi connectivity index (χ1n) is 9.26. The zero-order chi connectivity index (χ0) is 20.1. The van der Waals surface area contributed by atoms with Crippen molar-refractivity contribution in [2.45, 2.75) is 52.7 Å². The summed E-state index contributed by atoms with van der Waals surface area (Å²) in [6.07, 6.45) is 0.980. The molecular weight excluding hydrogens is 370 g/mol. The lowest BCUT2D eigenvalue weighted by Gasteiger charge is -2.31. The molecule has 7 heteroatoms. The molecule has 1 aromatic rings. The molecule has 0 radical (unpaired) electrons. The molecule has 1 heterocycles. The molecule has 0 aliphatic carbocycles. The maximum absolute atomic E-state index is 12.5. The Morgan fingerprint density at radius 2 is 1.81 bits per heavy atom. The average Bonchev–Trinajstić information content (AvgIpc) is 2.62. The molecule has 0 saturated carbocycles. The fourth-order valence-corrected chi connectivity index (χ4v) is 3.21. The van der Waals surface area contributed by atoms with Crippen LogP contribution in [0.1, 0.15) is 50.9 Å². The van der Waals surface area contributed by atoms with Gasteiger partial charge >= 0.3 is 5.97 Å². The highest BCUT2D eigenvalue weighted by Crippen LogP contribution is 2.37. The summed E-state index contributed by atoms with van der Waals surface area (Å²) in [6, 6.07) is 2.97. The predicted octanol–water partition coefficient (Wildman–Crippen LogP) is 3.94. The minimum Gasteiger partial charge on any atom is -0.493 e. The number of piperidine rings is 1. The van der Waals surface area contributed by atoms with E-state index in [0.29, 0.717) is 30.5 Å². The predicted molar refractivity (Wildman–Crippen MR) is 104 cm³/mol. The number of methoxy groups -OCH3 is 1. The number of likely N-dealkylation sites (tertiary alicyclic amines) is 1. The Hall–Kier alpha value is -1.95. The second kappa shape index (κ2) is 9.31. The summed E-state index contributed by atoms with van der Waals surface area (Å²) in [5, 5.41) is 0.249. The van der Waals surface area contributed by atoms with E-state index in [1.165, 1.54) is 19.2 Å². The highest BCUT2D eigenvalue weighted by atomic mass is 35.5. The van der Waals surface area contributed by atoms with E-state index < -0.39 is 12.1 Å². The second-order valence-electron chi connectivity index (χ2n) is 7.21. The van der Waals surface area contributed by atoms with Gasteiger partial charge in [-0.3, -0.25) is 4.79 Å². The van der Waals surface area contributed by atoms with Gasteiger partial charge in [0.15, 0.2) is 17.6 Å². The lowest BCUT2D eigenvalue weighted by Crippen LogP contribution is -2.44. The number of esters is 1. The molecule has 1 saturated heterocycles. The largest absolute Gasteiger partial charge is 0.493 e. The van der Waals surface area contributed by atoms with Crippen molar-refractivity contribution in [3.8, 4) is 11.5 Å². The number of hydrogen-bond donors (Lipinski definition) is 0. The Balaban J connectivity index is 2.08. The molecule has 1 aromatic carbocycles. The minimum absolute atomic E-state index is 0.0980.